The Morgan fingerprint density at radius 1 is 1.08 bits per heavy atom. The number of fused-ring (bicyclic) bond motifs is 1. The number of anilines is 1. The lowest BCUT2D eigenvalue weighted by molar-refractivity contribution is 0.102. The first kappa shape index (κ1) is 16.0. The van der Waals surface area contributed by atoms with Crippen molar-refractivity contribution < 1.29 is 9.53 Å². The van der Waals surface area contributed by atoms with Crippen LogP contribution in [-0.4, -0.2) is 17.5 Å². The van der Waals surface area contributed by atoms with Crippen LogP contribution in [0.4, 0.5) is 5.69 Å². The molecule has 1 heterocycles. The maximum absolute atomic E-state index is 12.7. The normalized spacial score (nSPS) is 10.5. The monoisotopic (exact) mass is 320 g/mol. The number of benzene rings is 2. The molecule has 0 aliphatic rings. The van der Waals surface area contributed by atoms with Crippen molar-refractivity contribution in [1.29, 1.82) is 0 Å². The molecule has 1 N–H and O–H groups in total. The summed E-state index contributed by atoms with van der Waals surface area (Å²) < 4.78 is 5.75. The van der Waals surface area contributed by atoms with Crippen LogP contribution in [0.15, 0.2) is 60.8 Å². The first-order valence-electron chi connectivity index (χ1n) is 8.16. The van der Waals surface area contributed by atoms with E-state index in [1.54, 1.807) is 12.3 Å². The van der Waals surface area contributed by atoms with Crippen LogP contribution in [0.2, 0.25) is 0 Å². The van der Waals surface area contributed by atoms with Gasteiger partial charge in [0.25, 0.3) is 5.91 Å². The van der Waals surface area contributed by atoms with E-state index in [9.17, 15) is 4.79 Å². The fraction of sp³-hybridized carbons (Fsp3) is 0.200. The number of unbranched alkanes of at least 4 members (excludes halogenated alkanes) is 1. The van der Waals surface area contributed by atoms with Crippen molar-refractivity contribution in [2.24, 2.45) is 0 Å². The molecule has 0 atom stereocenters. The average Bonchev–Trinajstić information content (AvgIpc) is 2.62. The van der Waals surface area contributed by atoms with Crippen molar-refractivity contribution in [2.45, 2.75) is 19.8 Å². The largest absolute Gasteiger partial charge is 0.493 e. The van der Waals surface area contributed by atoms with Crippen molar-refractivity contribution in [2.75, 3.05) is 11.9 Å². The van der Waals surface area contributed by atoms with Crippen LogP contribution in [0.25, 0.3) is 10.9 Å². The number of hydrogen-bond acceptors (Lipinski definition) is 3. The molecule has 4 nitrogen and oxygen atoms in total. The van der Waals surface area contributed by atoms with Crippen molar-refractivity contribution >= 4 is 22.5 Å². The number of carbonyl (C=O) groups is 1. The Balaban J connectivity index is 1.84. The predicted molar refractivity (Wildman–Crippen MR) is 96.5 cm³/mol. The summed E-state index contributed by atoms with van der Waals surface area (Å²) in [6, 6.07) is 16.9. The summed E-state index contributed by atoms with van der Waals surface area (Å²) >= 11 is 0. The van der Waals surface area contributed by atoms with Gasteiger partial charge in [-0.3, -0.25) is 9.78 Å². The third kappa shape index (κ3) is 3.54. The molecule has 0 aliphatic heterocycles. The molecule has 0 radical (unpaired) electrons. The van der Waals surface area contributed by atoms with Crippen LogP contribution in [0.1, 0.15) is 30.1 Å². The van der Waals surface area contributed by atoms with E-state index in [0.29, 0.717) is 23.6 Å². The van der Waals surface area contributed by atoms with Gasteiger partial charge in [0.2, 0.25) is 0 Å². The number of pyridine rings is 1. The minimum atomic E-state index is -0.194. The van der Waals surface area contributed by atoms with Gasteiger partial charge in [0.1, 0.15) is 5.75 Å². The van der Waals surface area contributed by atoms with Gasteiger partial charge in [0, 0.05) is 11.6 Å². The van der Waals surface area contributed by atoms with Crippen LogP contribution in [0, 0.1) is 0 Å². The fourth-order valence-electron chi connectivity index (χ4n) is 2.50. The number of hydrogen-bond donors (Lipinski definition) is 1. The zero-order valence-electron chi connectivity index (χ0n) is 13.7. The molecule has 4 heteroatoms. The molecule has 0 saturated heterocycles. The minimum absolute atomic E-state index is 0.194. The molecule has 0 spiro atoms. The quantitative estimate of drug-likeness (QED) is 0.672. The number of carbonyl (C=O) groups excluding carboxylic acids is 1. The Labute approximate surface area is 141 Å². The van der Waals surface area contributed by atoms with E-state index in [0.717, 1.165) is 23.7 Å². The molecule has 2 aromatic carbocycles. The minimum Gasteiger partial charge on any atom is -0.493 e. The zero-order valence-corrected chi connectivity index (χ0v) is 13.7. The van der Waals surface area contributed by atoms with Gasteiger partial charge in [-0.15, -0.1) is 0 Å². The van der Waals surface area contributed by atoms with Crippen molar-refractivity contribution in [3.05, 3.63) is 66.4 Å². The molecule has 122 valence electrons. The Hall–Kier alpha value is -2.88. The molecule has 3 rings (SSSR count). The van der Waals surface area contributed by atoms with Crippen molar-refractivity contribution in [3.8, 4) is 5.75 Å². The number of amides is 1. The van der Waals surface area contributed by atoms with Gasteiger partial charge >= 0.3 is 0 Å². The number of aromatic nitrogens is 1. The lowest BCUT2D eigenvalue weighted by atomic mass is 10.1. The van der Waals surface area contributed by atoms with Gasteiger partial charge in [0.15, 0.2) is 0 Å². The summed E-state index contributed by atoms with van der Waals surface area (Å²) in [6.07, 6.45) is 3.74. The molecule has 0 aliphatic carbocycles. The number of para-hydroxylation sites is 2. The van der Waals surface area contributed by atoms with Crippen LogP contribution < -0.4 is 10.1 Å². The van der Waals surface area contributed by atoms with E-state index in [2.05, 4.69) is 17.2 Å². The molecule has 0 saturated carbocycles. The summed E-state index contributed by atoms with van der Waals surface area (Å²) in [5.41, 5.74) is 2.00. The highest BCUT2D eigenvalue weighted by Gasteiger charge is 2.13. The summed E-state index contributed by atoms with van der Waals surface area (Å²) in [4.78, 5) is 17.1. The molecule has 0 fully saturated rings. The standard InChI is InChI=1S/C20H20N2O2/c1-2-3-14-24-18-12-5-4-10-16(18)20(23)22-17-11-6-8-15-9-7-13-21-19(15)17/h4-13H,2-3,14H2,1H3,(H,22,23). The molecular weight excluding hydrogens is 300 g/mol. The summed E-state index contributed by atoms with van der Waals surface area (Å²) in [7, 11) is 0. The van der Waals surface area contributed by atoms with Gasteiger partial charge in [-0.2, -0.15) is 0 Å². The number of nitrogens with one attached hydrogen (secondary N) is 1. The molecule has 0 bridgehead atoms. The highest BCUT2D eigenvalue weighted by molar-refractivity contribution is 6.09. The van der Waals surface area contributed by atoms with Gasteiger partial charge in [-0.1, -0.05) is 43.7 Å². The van der Waals surface area contributed by atoms with Crippen molar-refractivity contribution in [3.63, 3.8) is 0 Å². The first-order valence-corrected chi connectivity index (χ1v) is 8.16. The van der Waals surface area contributed by atoms with E-state index in [1.807, 2.05) is 48.5 Å². The first-order chi connectivity index (χ1) is 11.8. The van der Waals surface area contributed by atoms with E-state index in [4.69, 9.17) is 4.74 Å². The average molecular weight is 320 g/mol. The highest BCUT2D eigenvalue weighted by atomic mass is 16.5. The fourth-order valence-corrected chi connectivity index (χ4v) is 2.50. The van der Waals surface area contributed by atoms with Crippen LogP contribution in [0.5, 0.6) is 5.75 Å². The third-order valence-electron chi connectivity index (χ3n) is 3.77. The van der Waals surface area contributed by atoms with Gasteiger partial charge in [-0.25, -0.2) is 0 Å². The molecule has 3 aromatic rings. The molecule has 0 unspecified atom stereocenters. The second-order valence-corrected chi connectivity index (χ2v) is 5.53. The molecular formula is C20H20N2O2. The van der Waals surface area contributed by atoms with Crippen molar-refractivity contribution in [1.82, 2.24) is 4.98 Å². The maximum Gasteiger partial charge on any atom is 0.259 e. The second-order valence-electron chi connectivity index (χ2n) is 5.53. The SMILES string of the molecule is CCCCOc1ccccc1C(=O)Nc1cccc2cccnc12. The van der Waals surface area contributed by atoms with E-state index < -0.39 is 0 Å². The van der Waals surface area contributed by atoms with Gasteiger partial charge in [-0.05, 0) is 30.7 Å². The number of ether oxygens (including phenoxy) is 1. The van der Waals surface area contributed by atoms with Crippen LogP contribution in [-0.2, 0) is 0 Å². The smallest absolute Gasteiger partial charge is 0.259 e. The predicted octanol–water partition coefficient (Wildman–Crippen LogP) is 4.67. The van der Waals surface area contributed by atoms with Gasteiger partial charge in [0.05, 0.1) is 23.4 Å². The number of nitrogens with zero attached hydrogens (tertiary/aromatic N) is 1. The van der Waals surface area contributed by atoms with E-state index >= 15 is 0 Å². The molecule has 1 aromatic heterocycles. The third-order valence-corrected chi connectivity index (χ3v) is 3.77. The molecule has 24 heavy (non-hydrogen) atoms. The Morgan fingerprint density at radius 3 is 2.79 bits per heavy atom. The van der Waals surface area contributed by atoms with Gasteiger partial charge < -0.3 is 10.1 Å². The lowest BCUT2D eigenvalue weighted by Crippen LogP contribution is -2.14. The summed E-state index contributed by atoms with van der Waals surface area (Å²) in [5.74, 6) is 0.414. The Kier molecular flexibility index (Phi) is 5.06. The summed E-state index contributed by atoms with van der Waals surface area (Å²) in [6.45, 7) is 2.71. The number of rotatable bonds is 6. The highest BCUT2D eigenvalue weighted by Crippen LogP contribution is 2.24. The summed E-state index contributed by atoms with van der Waals surface area (Å²) in [5, 5.41) is 3.94. The Morgan fingerprint density at radius 2 is 1.92 bits per heavy atom. The van der Waals surface area contributed by atoms with Crippen LogP contribution in [0.3, 0.4) is 0 Å². The van der Waals surface area contributed by atoms with E-state index in [1.165, 1.54) is 0 Å². The second kappa shape index (κ2) is 7.59. The molecule has 1 amide bonds. The topological polar surface area (TPSA) is 51.2 Å². The van der Waals surface area contributed by atoms with E-state index in [-0.39, 0.29) is 5.91 Å². The maximum atomic E-state index is 12.7. The lowest BCUT2D eigenvalue weighted by Gasteiger charge is -2.12. The van der Waals surface area contributed by atoms with Crippen LogP contribution >= 0.6 is 0 Å². The zero-order chi connectivity index (χ0) is 16.8. The Bertz CT molecular complexity index is 840.